The van der Waals surface area contributed by atoms with Gasteiger partial charge in [0.2, 0.25) is 0 Å². The minimum absolute atomic E-state index is 0.395. The number of rotatable bonds is 4. The summed E-state index contributed by atoms with van der Waals surface area (Å²) in [6, 6.07) is 5.15. The summed E-state index contributed by atoms with van der Waals surface area (Å²) in [5.74, 6) is 0.814. The molecule has 2 atom stereocenters. The van der Waals surface area contributed by atoms with Crippen molar-refractivity contribution in [3.05, 3.63) is 45.7 Å². The Hall–Kier alpha value is -1.24. The molecule has 0 aliphatic heterocycles. The van der Waals surface area contributed by atoms with Crippen LogP contribution in [0.4, 0.5) is 0 Å². The number of hydrogen-bond acceptors (Lipinski definition) is 1. The van der Waals surface area contributed by atoms with E-state index in [9.17, 15) is 0 Å². The second kappa shape index (κ2) is 6.68. The zero-order valence-corrected chi connectivity index (χ0v) is 14.6. The first-order valence-electron chi connectivity index (χ1n) is 8.47. The molecule has 1 aromatic rings. The first-order valence-corrected chi connectivity index (χ1v) is 8.47. The summed E-state index contributed by atoms with van der Waals surface area (Å²) < 4.78 is 0. The molecule has 0 radical (unpaired) electrons. The fourth-order valence-corrected chi connectivity index (χ4v) is 3.52. The van der Waals surface area contributed by atoms with Crippen LogP contribution >= 0.6 is 0 Å². The molecule has 0 heterocycles. The molecule has 0 amide bonds. The molecule has 21 heavy (non-hydrogen) atoms. The third-order valence-electron chi connectivity index (χ3n) is 5.04. The van der Waals surface area contributed by atoms with Crippen LogP contribution in [0.15, 0.2) is 23.4 Å². The van der Waals surface area contributed by atoms with Crippen molar-refractivity contribution in [1.82, 2.24) is 5.32 Å². The van der Waals surface area contributed by atoms with Gasteiger partial charge in [0.1, 0.15) is 0 Å². The molecule has 1 nitrogen and oxygen atoms in total. The van der Waals surface area contributed by atoms with Gasteiger partial charge in [0.15, 0.2) is 0 Å². The SMILES string of the molecule is CCc1cc(C(C)NC2=C(C)CCC(C)C2)c(C)cc1C. The number of nitrogens with one attached hydrogen (secondary N) is 1. The Balaban J connectivity index is 2.22. The summed E-state index contributed by atoms with van der Waals surface area (Å²) in [5, 5.41) is 3.81. The van der Waals surface area contributed by atoms with Crippen LogP contribution in [0.25, 0.3) is 0 Å². The van der Waals surface area contributed by atoms with Gasteiger partial charge in [-0.25, -0.2) is 0 Å². The highest BCUT2D eigenvalue weighted by Gasteiger charge is 2.18. The molecule has 1 N–H and O–H groups in total. The normalized spacial score (nSPS) is 20.6. The first-order chi connectivity index (χ1) is 9.92. The minimum Gasteiger partial charge on any atom is -0.382 e. The van der Waals surface area contributed by atoms with E-state index in [-0.39, 0.29) is 0 Å². The fourth-order valence-electron chi connectivity index (χ4n) is 3.52. The Morgan fingerprint density at radius 3 is 2.57 bits per heavy atom. The van der Waals surface area contributed by atoms with E-state index < -0.39 is 0 Å². The summed E-state index contributed by atoms with van der Waals surface area (Å²) in [4.78, 5) is 0. The van der Waals surface area contributed by atoms with Gasteiger partial charge in [0, 0.05) is 11.7 Å². The lowest BCUT2D eigenvalue weighted by Crippen LogP contribution is -2.24. The molecule has 1 heteroatoms. The van der Waals surface area contributed by atoms with Gasteiger partial charge < -0.3 is 5.32 Å². The fraction of sp³-hybridized carbons (Fsp3) is 0.600. The molecule has 0 saturated heterocycles. The lowest BCUT2D eigenvalue weighted by molar-refractivity contribution is 0.459. The number of allylic oxidation sites excluding steroid dienone is 2. The second-order valence-electron chi connectivity index (χ2n) is 6.96. The molecule has 0 bridgehead atoms. The van der Waals surface area contributed by atoms with Gasteiger partial charge in [-0.2, -0.15) is 0 Å². The van der Waals surface area contributed by atoms with Crippen LogP contribution in [0.1, 0.15) is 75.3 Å². The molecule has 116 valence electrons. The molecule has 1 aromatic carbocycles. The van der Waals surface area contributed by atoms with E-state index in [0.717, 1.165) is 12.3 Å². The van der Waals surface area contributed by atoms with Gasteiger partial charge in [-0.3, -0.25) is 0 Å². The highest BCUT2D eigenvalue weighted by atomic mass is 14.9. The molecule has 0 fully saturated rings. The number of hydrogen-bond donors (Lipinski definition) is 1. The second-order valence-corrected chi connectivity index (χ2v) is 6.96. The van der Waals surface area contributed by atoms with E-state index >= 15 is 0 Å². The summed E-state index contributed by atoms with van der Waals surface area (Å²) in [6.45, 7) is 13.7. The van der Waals surface area contributed by atoms with Gasteiger partial charge in [0.05, 0.1) is 0 Å². The van der Waals surface area contributed by atoms with Gasteiger partial charge >= 0.3 is 0 Å². The Kier molecular flexibility index (Phi) is 5.13. The van der Waals surface area contributed by atoms with Crippen LogP contribution in [0, 0.1) is 19.8 Å². The average molecular weight is 285 g/mol. The molecule has 1 aliphatic rings. The highest BCUT2D eigenvalue weighted by molar-refractivity contribution is 5.39. The van der Waals surface area contributed by atoms with Crippen molar-refractivity contribution in [2.75, 3.05) is 0 Å². The van der Waals surface area contributed by atoms with E-state index in [1.54, 1.807) is 5.57 Å². The van der Waals surface area contributed by atoms with Crippen molar-refractivity contribution in [2.45, 2.75) is 73.3 Å². The quantitative estimate of drug-likeness (QED) is 0.758. The Bertz CT molecular complexity index is 539. The van der Waals surface area contributed by atoms with Crippen molar-refractivity contribution in [3.8, 4) is 0 Å². The summed E-state index contributed by atoms with van der Waals surface area (Å²) in [6.07, 6.45) is 4.92. The predicted octanol–water partition coefficient (Wildman–Crippen LogP) is 5.61. The van der Waals surface area contributed by atoms with Gasteiger partial charge in [-0.05, 0) is 81.5 Å². The molecule has 0 aromatic heterocycles. The lowest BCUT2D eigenvalue weighted by atomic mass is 9.88. The minimum atomic E-state index is 0.395. The van der Waals surface area contributed by atoms with E-state index in [0.29, 0.717) is 6.04 Å². The van der Waals surface area contributed by atoms with E-state index in [1.165, 1.54) is 47.2 Å². The molecule has 0 saturated carbocycles. The van der Waals surface area contributed by atoms with Crippen molar-refractivity contribution in [1.29, 1.82) is 0 Å². The van der Waals surface area contributed by atoms with Gasteiger partial charge in [-0.1, -0.05) is 31.6 Å². The van der Waals surface area contributed by atoms with Crippen LogP contribution < -0.4 is 5.32 Å². The lowest BCUT2D eigenvalue weighted by Gasteiger charge is -2.28. The molecular weight excluding hydrogens is 254 g/mol. The average Bonchev–Trinajstić information content (AvgIpc) is 2.43. The third-order valence-corrected chi connectivity index (χ3v) is 5.04. The Morgan fingerprint density at radius 2 is 1.90 bits per heavy atom. The first kappa shape index (κ1) is 16.1. The van der Waals surface area contributed by atoms with Crippen LogP contribution in [0.5, 0.6) is 0 Å². The zero-order valence-electron chi connectivity index (χ0n) is 14.6. The summed E-state index contributed by atoms with van der Waals surface area (Å²) in [7, 11) is 0. The van der Waals surface area contributed by atoms with Gasteiger partial charge in [0.25, 0.3) is 0 Å². The standard InChI is InChI=1S/C20H31N/c1-7-18-12-19(16(5)11-15(18)4)17(6)21-20-10-13(2)8-9-14(20)3/h11-13,17,21H,7-10H2,1-6H3. The van der Waals surface area contributed by atoms with E-state index in [2.05, 4.69) is 59.0 Å². The molecule has 0 spiro atoms. The van der Waals surface area contributed by atoms with Gasteiger partial charge in [-0.15, -0.1) is 0 Å². The zero-order chi connectivity index (χ0) is 15.6. The van der Waals surface area contributed by atoms with Crippen LogP contribution in [-0.2, 0) is 6.42 Å². The van der Waals surface area contributed by atoms with Crippen LogP contribution in [0.3, 0.4) is 0 Å². The largest absolute Gasteiger partial charge is 0.382 e. The molecular formula is C20H31N. The van der Waals surface area contributed by atoms with Crippen LogP contribution in [0.2, 0.25) is 0 Å². The maximum Gasteiger partial charge on any atom is 0.0485 e. The number of benzene rings is 1. The van der Waals surface area contributed by atoms with Crippen LogP contribution in [-0.4, -0.2) is 0 Å². The van der Waals surface area contributed by atoms with Crippen molar-refractivity contribution in [2.24, 2.45) is 5.92 Å². The smallest absolute Gasteiger partial charge is 0.0485 e. The van der Waals surface area contributed by atoms with Crippen molar-refractivity contribution in [3.63, 3.8) is 0 Å². The monoisotopic (exact) mass is 285 g/mol. The Morgan fingerprint density at radius 1 is 1.19 bits per heavy atom. The predicted molar refractivity (Wildman–Crippen MR) is 92.6 cm³/mol. The third kappa shape index (κ3) is 3.70. The summed E-state index contributed by atoms with van der Waals surface area (Å²) >= 11 is 0. The van der Waals surface area contributed by atoms with E-state index in [1.807, 2.05) is 0 Å². The summed E-state index contributed by atoms with van der Waals surface area (Å²) in [5.41, 5.74) is 8.81. The van der Waals surface area contributed by atoms with Crippen molar-refractivity contribution < 1.29 is 0 Å². The van der Waals surface area contributed by atoms with Crippen molar-refractivity contribution >= 4 is 0 Å². The highest BCUT2D eigenvalue weighted by Crippen LogP contribution is 2.30. The molecule has 1 aliphatic carbocycles. The Labute approximate surface area is 130 Å². The van der Waals surface area contributed by atoms with E-state index in [4.69, 9.17) is 0 Å². The molecule has 2 unspecified atom stereocenters. The maximum atomic E-state index is 3.81. The maximum absolute atomic E-state index is 3.81. The molecule has 2 rings (SSSR count). The topological polar surface area (TPSA) is 12.0 Å². The number of aryl methyl sites for hydroxylation is 3.